The normalized spacial score (nSPS) is 11.2. The first-order valence-electron chi connectivity index (χ1n) is 11.4. The predicted octanol–water partition coefficient (Wildman–Crippen LogP) is 5.37. The molecule has 6 heteroatoms. The molecule has 0 saturated heterocycles. The van der Waals surface area contributed by atoms with Crippen LogP contribution >= 0.6 is 0 Å². The quantitative estimate of drug-likeness (QED) is 0.379. The van der Waals surface area contributed by atoms with Crippen molar-refractivity contribution in [1.82, 2.24) is 14.5 Å². The molecule has 0 radical (unpaired) electrons. The molecular formula is C27H30N4O2. The number of likely N-dealkylation sites (N-methyl/N-ethyl adjacent to an activating group) is 1. The van der Waals surface area contributed by atoms with Crippen LogP contribution in [-0.4, -0.2) is 46.6 Å². The second-order valence-electron chi connectivity index (χ2n) is 7.95. The smallest absolute Gasteiger partial charge is 0.221 e. The molecule has 4 rings (SSSR count). The van der Waals surface area contributed by atoms with E-state index in [2.05, 4.69) is 59.4 Å². The Bertz CT molecular complexity index is 1210. The van der Waals surface area contributed by atoms with Crippen LogP contribution in [0.1, 0.15) is 20.8 Å². The fourth-order valence-electron chi connectivity index (χ4n) is 3.88. The van der Waals surface area contributed by atoms with E-state index in [1.54, 1.807) is 0 Å². The van der Waals surface area contributed by atoms with E-state index in [1.807, 2.05) is 47.3 Å². The SMILES string of the molecule is CCN(CC)CCOc1ccc(-c2ccc3c(c2)ncn3-c2ccc(NC(C)=O)cc2)cc1. The van der Waals surface area contributed by atoms with Crippen LogP contribution in [0, 0.1) is 0 Å². The van der Waals surface area contributed by atoms with Gasteiger partial charge in [0.2, 0.25) is 5.91 Å². The first kappa shape index (κ1) is 22.6. The molecule has 0 aliphatic heterocycles. The molecule has 0 atom stereocenters. The molecule has 0 saturated carbocycles. The van der Waals surface area contributed by atoms with Gasteiger partial charge in [0.25, 0.3) is 0 Å². The number of anilines is 1. The number of nitrogens with one attached hydrogen (secondary N) is 1. The van der Waals surface area contributed by atoms with Gasteiger partial charge in [-0.2, -0.15) is 0 Å². The lowest BCUT2D eigenvalue weighted by atomic mass is 10.0. The van der Waals surface area contributed by atoms with Crippen molar-refractivity contribution < 1.29 is 9.53 Å². The van der Waals surface area contributed by atoms with Crippen LogP contribution in [0.5, 0.6) is 5.75 Å². The molecule has 0 aliphatic carbocycles. The number of amides is 1. The third kappa shape index (κ3) is 5.41. The van der Waals surface area contributed by atoms with Gasteiger partial charge >= 0.3 is 0 Å². The summed E-state index contributed by atoms with van der Waals surface area (Å²) >= 11 is 0. The summed E-state index contributed by atoms with van der Waals surface area (Å²) in [4.78, 5) is 18.2. The van der Waals surface area contributed by atoms with E-state index in [4.69, 9.17) is 4.74 Å². The van der Waals surface area contributed by atoms with E-state index in [0.717, 1.165) is 58.9 Å². The van der Waals surface area contributed by atoms with Crippen molar-refractivity contribution in [1.29, 1.82) is 0 Å². The zero-order chi connectivity index (χ0) is 23.2. The minimum atomic E-state index is -0.0809. The molecule has 1 aromatic heterocycles. The summed E-state index contributed by atoms with van der Waals surface area (Å²) < 4.78 is 7.95. The van der Waals surface area contributed by atoms with Crippen molar-refractivity contribution in [3.05, 3.63) is 73.1 Å². The molecule has 6 nitrogen and oxygen atoms in total. The Labute approximate surface area is 194 Å². The number of imidazole rings is 1. The predicted molar refractivity (Wildman–Crippen MR) is 134 cm³/mol. The van der Waals surface area contributed by atoms with Gasteiger partial charge in [-0.15, -0.1) is 0 Å². The largest absolute Gasteiger partial charge is 0.492 e. The van der Waals surface area contributed by atoms with Crippen LogP contribution in [-0.2, 0) is 4.79 Å². The second kappa shape index (κ2) is 10.3. The summed E-state index contributed by atoms with van der Waals surface area (Å²) in [5, 5.41) is 2.79. The Morgan fingerprint density at radius 2 is 1.67 bits per heavy atom. The van der Waals surface area contributed by atoms with E-state index >= 15 is 0 Å². The molecule has 0 unspecified atom stereocenters. The van der Waals surface area contributed by atoms with Gasteiger partial charge in [-0.05, 0) is 72.7 Å². The van der Waals surface area contributed by atoms with Crippen molar-refractivity contribution in [2.24, 2.45) is 0 Å². The molecule has 1 amide bonds. The lowest BCUT2D eigenvalue weighted by Crippen LogP contribution is -2.27. The van der Waals surface area contributed by atoms with E-state index in [1.165, 1.54) is 6.92 Å². The summed E-state index contributed by atoms with van der Waals surface area (Å²) in [6.07, 6.45) is 1.83. The molecule has 0 aliphatic rings. The van der Waals surface area contributed by atoms with Gasteiger partial charge in [-0.1, -0.05) is 32.0 Å². The number of carbonyl (C=O) groups is 1. The Hall–Kier alpha value is -3.64. The number of rotatable bonds is 9. The van der Waals surface area contributed by atoms with Crippen LogP contribution in [0.2, 0.25) is 0 Å². The molecule has 33 heavy (non-hydrogen) atoms. The molecule has 1 N–H and O–H groups in total. The third-order valence-electron chi connectivity index (χ3n) is 5.77. The maximum Gasteiger partial charge on any atom is 0.221 e. The highest BCUT2D eigenvalue weighted by atomic mass is 16.5. The maximum atomic E-state index is 11.2. The van der Waals surface area contributed by atoms with Crippen molar-refractivity contribution in [2.45, 2.75) is 20.8 Å². The Kier molecular flexibility index (Phi) is 7.05. The number of hydrogen-bond acceptors (Lipinski definition) is 4. The van der Waals surface area contributed by atoms with Gasteiger partial charge in [0.15, 0.2) is 0 Å². The average molecular weight is 443 g/mol. The van der Waals surface area contributed by atoms with Crippen LogP contribution in [0.25, 0.3) is 27.8 Å². The Morgan fingerprint density at radius 3 is 2.33 bits per heavy atom. The van der Waals surface area contributed by atoms with Crippen molar-refractivity contribution in [3.8, 4) is 22.6 Å². The average Bonchev–Trinajstić information content (AvgIpc) is 3.26. The number of ether oxygens (including phenoxy) is 1. The Morgan fingerprint density at radius 1 is 0.970 bits per heavy atom. The van der Waals surface area contributed by atoms with Crippen molar-refractivity contribution >= 4 is 22.6 Å². The maximum absolute atomic E-state index is 11.2. The molecule has 1 heterocycles. The van der Waals surface area contributed by atoms with Gasteiger partial charge in [-0.3, -0.25) is 9.36 Å². The highest BCUT2D eigenvalue weighted by molar-refractivity contribution is 5.89. The van der Waals surface area contributed by atoms with Crippen molar-refractivity contribution in [2.75, 3.05) is 31.6 Å². The molecule has 0 spiro atoms. The van der Waals surface area contributed by atoms with E-state index < -0.39 is 0 Å². The summed E-state index contributed by atoms with van der Waals surface area (Å²) in [6, 6.07) is 22.3. The number of hydrogen-bond donors (Lipinski definition) is 1. The number of carbonyl (C=O) groups excluding carboxylic acids is 1. The first-order chi connectivity index (χ1) is 16.1. The fourth-order valence-corrected chi connectivity index (χ4v) is 3.88. The summed E-state index contributed by atoms with van der Waals surface area (Å²) in [5.41, 5.74) is 5.97. The van der Waals surface area contributed by atoms with Crippen molar-refractivity contribution in [3.63, 3.8) is 0 Å². The standard InChI is InChI=1S/C27H30N4O2/c1-4-30(5-2)16-17-33-25-13-6-21(7-14-25)22-8-15-27-26(18-22)28-19-31(27)24-11-9-23(10-12-24)29-20(3)32/h6-15,18-19H,4-5,16-17H2,1-3H3,(H,29,32). The van der Waals surface area contributed by atoms with Gasteiger partial charge in [0.1, 0.15) is 18.7 Å². The fraction of sp³-hybridized carbons (Fsp3) is 0.259. The first-order valence-corrected chi connectivity index (χ1v) is 11.4. The lowest BCUT2D eigenvalue weighted by molar-refractivity contribution is -0.114. The van der Waals surface area contributed by atoms with E-state index in [9.17, 15) is 4.79 Å². The monoisotopic (exact) mass is 442 g/mol. The number of fused-ring (bicyclic) bond motifs is 1. The topological polar surface area (TPSA) is 59.4 Å². The minimum Gasteiger partial charge on any atom is -0.492 e. The molecule has 4 aromatic rings. The van der Waals surface area contributed by atoms with Crippen LogP contribution in [0.15, 0.2) is 73.1 Å². The van der Waals surface area contributed by atoms with Crippen LogP contribution in [0.3, 0.4) is 0 Å². The minimum absolute atomic E-state index is 0.0809. The number of nitrogens with zero attached hydrogens (tertiary/aromatic N) is 3. The molecule has 0 bridgehead atoms. The summed E-state index contributed by atoms with van der Waals surface area (Å²) in [7, 11) is 0. The van der Waals surface area contributed by atoms with Gasteiger partial charge < -0.3 is 15.0 Å². The zero-order valence-corrected chi connectivity index (χ0v) is 19.4. The Balaban J connectivity index is 1.47. The highest BCUT2D eigenvalue weighted by Gasteiger charge is 2.08. The molecular weight excluding hydrogens is 412 g/mol. The molecule has 0 fully saturated rings. The zero-order valence-electron chi connectivity index (χ0n) is 19.4. The van der Waals surface area contributed by atoms with Gasteiger partial charge in [0.05, 0.1) is 11.0 Å². The summed E-state index contributed by atoms with van der Waals surface area (Å²) in [5.74, 6) is 0.807. The third-order valence-corrected chi connectivity index (χ3v) is 5.77. The van der Waals surface area contributed by atoms with Gasteiger partial charge in [0, 0.05) is 24.8 Å². The summed E-state index contributed by atoms with van der Waals surface area (Å²) in [6.45, 7) is 9.55. The number of benzene rings is 3. The van der Waals surface area contributed by atoms with Gasteiger partial charge in [-0.25, -0.2) is 4.98 Å². The molecule has 3 aromatic carbocycles. The molecule has 170 valence electrons. The van der Waals surface area contributed by atoms with E-state index in [0.29, 0.717) is 6.61 Å². The van der Waals surface area contributed by atoms with Crippen LogP contribution < -0.4 is 10.1 Å². The highest BCUT2D eigenvalue weighted by Crippen LogP contribution is 2.27. The van der Waals surface area contributed by atoms with Crippen LogP contribution in [0.4, 0.5) is 5.69 Å². The van der Waals surface area contributed by atoms with E-state index in [-0.39, 0.29) is 5.91 Å². The lowest BCUT2D eigenvalue weighted by Gasteiger charge is -2.18. The number of aromatic nitrogens is 2. The second-order valence-corrected chi connectivity index (χ2v) is 7.95.